The molecule has 0 saturated heterocycles. The van der Waals surface area contributed by atoms with Gasteiger partial charge in [0.05, 0.1) is 16.6 Å². The molecule has 2 aromatic heterocycles. The normalized spacial score (nSPS) is 10.0. The van der Waals surface area contributed by atoms with Gasteiger partial charge in [-0.3, -0.25) is 9.78 Å². The summed E-state index contributed by atoms with van der Waals surface area (Å²) in [4.78, 5) is 32.2. The van der Waals surface area contributed by atoms with Gasteiger partial charge in [-0.05, 0) is 30.3 Å². The topological polar surface area (TPSA) is 90.6 Å². The number of H-pyrrole nitrogens is 2. The average molecular weight is 291 g/mol. The molecule has 0 spiro atoms. The molecule has 0 saturated carbocycles. The number of amides is 1. The van der Waals surface area contributed by atoms with Crippen molar-refractivity contribution in [2.75, 3.05) is 5.32 Å². The van der Waals surface area contributed by atoms with Gasteiger partial charge in [0.15, 0.2) is 0 Å². The van der Waals surface area contributed by atoms with Crippen LogP contribution in [0.3, 0.4) is 0 Å². The van der Waals surface area contributed by atoms with E-state index in [2.05, 4.69) is 20.3 Å². The first-order chi connectivity index (χ1) is 9.22. The minimum atomic E-state index is -0.272. The lowest BCUT2D eigenvalue weighted by Gasteiger charge is -2.04. The smallest absolute Gasteiger partial charge is 0.322 e. The van der Waals surface area contributed by atoms with Gasteiger partial charge in [-0.1, -0.05) is 0 Å². The van der Waals surface area contributed by atoms with E-state index >= 15 is 0 Å². The van der Waals surface area contributed by atoms with Gasteiger partial charge in [0.25, 0.3) is 5.91 Å². The van der Waals surface area contributed by atoms with E-state index in [0.717, 1.165) is 0 Å². The van der Waals surface area contributed by atoms with Crippen molar-refractivity contribution in [3.8, 4) is 0 Å². The fourth-order valence-corrected chi connectivity index (χ4v) is 1.81. The number of pyridine rings is 1. The van der Waals surface area contributed by atoms with E-state index in [0.29, 0.717) is 22.3 Å². The Balaban J connectivity index is 0.00000147. The number of imidazole rings is 1. The van der Waals surface area contributed by atoms with Crippen LogP contribution in [0.2, 0.25) is 0 Å². The van der Waals surface area contributed by atoms with Crippen LogP contribution in [0.15, 0.2) is 47.5 Å². The van der Waals surface area contributed by atoms with E-state index in [4.69, 9.17) is 0 Å². The number of nitrogens with zero attached hydrogens (tertiary/aromatic N) is 1. The first-order valence-corrected chi connectivity index (χ1v) is 5.66. The van der Waals surface area contributed by atoms with Crippen molar-refractivity contribution < 1.29 is 4.79 Å². The molecule has 0 aliphatic carbocycles. The molecule has 20 heavy (non-hydrogen) atoms. The third-order valence-corrected chi connectivity index (χ3v) is 2.70. The molecule has 0 aliphatic rings. The Labute approximate surface area is 119 Å². The van der Waals surface area contributed by atoms with Crippen molar-refractivity contribution in [1.29, 1.82) is 0 Å². The highest BCUT2D eigenvalue weighted by Crippen LogP contribution is 2.15. The van der Waals surface area contributed by atoms with Gasteiger partial charge in [-0.2, -0.15) is 0 Å². The summed E-state index contributed by atoms with van der Waals surface area (Å²) in [5.74, 6) is -0.245. The van der Waals surface area contributed by atoms with Crippen LogP contribution in [-0.4, -0.2) is 20.9 Å². The van der Waals surface area contributed by atoms with Gasteiger partial charge in [-0.25, -0.2) is 4.79 Å². The molecule has 2 heterocycles. The van der Waals surface area contributed by atoms with Gasteiger partial charge in [-0.15, -0.1) is 12.4 Å². The molecule has 0 unspecified atom stereocenters. The largest absolute Gasteiger partial charge is 0.323 e. The Morgan fingerprint density at radius 3 is 2.70 bits per heavy atom. The number of aromatic nitrogens is 3. The third kappa shape index (κ3) is 2.70. The summed E-state index contributed by atoms with van der Waals surface area (Å²) in [5.41, 5.74) is 2.16. The predicted molar refractivity (Wildman–Crippen MR) is 78.4 cm³/mol. The highest BCUT2D eigenvalue weighted by atomic mass is 35.5. The fourth-order valence-electron chi connectivity index (χ4n) is 1.81. The summed E-state index contributed by atoms with van der Waals surface area (Å²) < 4.78 is 0. The van der Waals surface area contributed by atoms with Crippen LogP contribution in [0.5, 0.6) is 0 Å². The minimum Gasteiger partial charge on any atom is -0.322 e. The number of hydrogen-bond donors (Lipinski definition) is 3. The van der Waals surface area contributed by atoms with Gasteiger partial charge in [0.1, 0.15) is 0 Å². The van der Waals surface area contributed by atoms with Crippen LogP contribution in [0, 0.1) is 0 Å². The fraction of sp³-hybridized carbons (Fsp3) is 0. The number of fused-ring (bicyclic) bond motifs is 1. The molecule has 0 radical (unpaired) electrons. The van der Waals surface area contributed by atoms with E-state index in [1.54, 1.807) is 36.5 Å². The molecule has 0 aliphatic heterocycles. The van der Waals surface area contributed by atoms with Crippen molar-refractivity contribution >= 4 is 35.0 Å². The standard InChI is InChI=1S/C13H10N4O2.ClH/c18-12(8-2-1-5-14-7-8)15-9-3-4-10-11(6-9)17-13(19)16-10;/h1-7H,(H,15,18)(H2,16,17,19);1H. The van der Waals surface area contributed by atoms with Crippen LogP contribution < -0.4 is 11.0 Å². The van der Waals surface area contributed by atoms with E-state index in [1.165, 1.54) is 6.20 Å². The molecule has 1 amide bonds. The third-order valence-electron chi connectivity index (χ3n) is 2.70. The molecule has 3 N–H and O–H groups in total. The lowest BCUT2D eigenvalue weighted by atomic mass is 10.2. The zero-order valence-electron chi connectivity index (χ0n) is 10.2. The number of carbonyl (C=O) groups is 1. The first kappa shape index (κ1) is 13.8. The van der Waals surface area contributed by atoms with E-state index in [9.17, 15) is 9.59 Å². The lowest BCUT2D eigenvalue weighted by molar-refractivity contribution is 0.102. The van der Waals surface area contributed by atoms with Crippen LogP contribution >= 0.6 is 12.4 Å². The summed E-state index contributed by atoms with van der Waals surface area (Å²) in [7, 11) is 0. The number of nitrogens with one attached hydrogen (secondary N) is 3. The molecule has 0 atom stereocenters. The molecule has 1 aromatic carbocycles. The Bertz CT molecular complexity index is 795. The molecule has 7 heteroatoms. The SMILES string of the molecule is Cl.O=C(Nc1ccc2[nH]c(=O)[nH]c2c1)c1cccnc1. The Kier molecular flexibility index (Phi) is 3.86. The van der Waals surface area contributed by atoms with Gasteiger partial charge in [0.2, 0.25) is 0 Å². The van der Waals surface area contributed by atoms with Gasteiger partial charge >= 0.3 is 5.69 Å². The van der Waals surface area contributed by atoms with E-state index in [1.807, 2.05) is 0 Å². The number of aromatic amines is 2. The molecule has 0 bridgehead atoms. The van der Waals surface area contributed by atoms with Crippen LogP contribution in [0.25, 0.3) is 11.0 Å². The second kappa shape index (κ2) is 5.58. The number of halogens is 1. The van der Waals surface area contributed by atoms with Crippen molar-refractivity contribution in [2.45, 2.75) is 0 Å². The van der Waals surface area contributed by atoms with E-state index in [-0.39, 0.29) is 24.0 Å². The van der Waals surface area contributed by atoms with Crippen molar-refractivity contribution in [1.82, 2.24) is 15.0 Å². The summed E-state index contributed by atoms with van der Waals surface area (Å²) in [5, 5.41) is 2.74. The number of carbonyl (C=O) groups excluding carboxylic acids is 1. The Hall–Kier alpha value is -2.60. The number of benzene rings is 1. The second-order valence-electron chi connectivity index (χ2n) is 4.04. The van der Waals surface area contributed by atoms with Gasteiger partial charge in [0, 0.05) is 18.1 Å². The van der Waals surface area contributed by atoms with E-state index < -0.39 is 0 Å². The van der Waals surface area contributed by atoms with Crippen LogP contribution in [0.1, 0.15) is 10.4 Å². The predicted octanol–water partition coefficient (Wildman–Crippen LogP) is 1.93. The highest BCUT2D eigenvalue weighted by molar-refractivity contribution is 6.04. The molecule has 3 rings (SSSR count). The maximum atomic E-state index is 11.9. The summed E-state index contributed by atoms with van der Waals surface area (Å²) in [6.45, 7) is 0. The zero-order chi connectivity index (χ0) is 13.2. The number of hydrogen-bond acceptors (Lipinski definition) is 3. The monoisotopic (exact) mass is 290 g/mol. The van der Waals surface area contributed by atoms with Gasteiger partial charge < -0.3 is 15.3 Å². The van der Waals surface area contributed by atoms with Crippen molar-refractivity contribution in [3.05, 3.63) is 58.8 Å². The number of rotatable bonds is 2. The van der Waals surface area contributed by atoms with Crippen LogP contribution in [-0.2, 0) is 0 Å². The summed E-state index contributed by atoms with van der Waals surface area (Å²) in [6.07, 6.45) is 3.10. The molecule has 102 valence electrons. The molecule has 6 nitrogen and oxygen atoms in total. The zero-order valence-corrected chi connectivity index (χ0v) is 11.0. The van der Waals surface area contributed by atoms with Crippen molar-refractivity contribution in [2.24, 2.45) is 0 Å². The molecule has 0 fully saturated rings. The summed E-state index contributed by atoms with van der Waals surface area (Å²) in [6, 6.07) is 8.52. The quantitative estimate of drug-likeness (QED) is 0.673. The minimum absolute atomic E-state index is 0. The molecular formula is C13H11ClN4O2. The average Bonchev–Trinajstić information content (AvgIpc) is 2.79. The highest BCUT2D eigenvalue weighted by Gasteiger charge is 2.06. The maximum Gasteiger partial charge on any atom is 0.323 e. The molecule has 3 aromatic rings. The first-order valence-electron chi connectivity index (χ1n) is 5.66. The summed E-state index contributed by atoms with van der Waals surface area (Å²) >= 11 is 0. The van der Waals surface area contributed by atoms with Crippen LogP contribution in [0.4, 0.5) is 5.69 Å². The number of anilines is 1. The maximum absolute atomic E-state index is 11.9. The second-order valence-corrected chi connectivity index (χ2v) is 4.04. The Morgan fingerprint density at radius 2 is 1.95 bits per heavy atom. The Morgan fingerprint density at radius 1 is 1.15 bits per heavy atom. The molecular weight excluding hydrogens is 280 g/mol. The van der Waals surface area contributed by atoms with Crippen molar-refractivity contribution in [3.63, 3.8) is 0 Å². The lowest BCUT2D eigenvalue weighted by Crippen LogP contribution is -2.11.